The number of hydrogen-bond acceptors (Lipinski definition) is 4. The molecule has 0 aliphatic rings. The van der Waals surface area contributed by atoms with E-state index < -0.39 is 15.8 Å². The van der Waals surface area contributed by atoms with Gasteiger partial charge in [0, 0.05) is 5.56 Å². The number of hydrogen-bond donors (Lipinski definition) is 1. The van der Waals surface area contributed by atoms with Gasteiger partial charge < -0.3 is 4.42 Å². The molecule has 19 heavy (non-hydrogen) atoms. The van der Waals surface area contributed by atoms with E-state index in [1.807, 2.05) is 0 Å². The van der Waals surface area contributed by atoms with E-state index in [9.17, 15) is 17.6 Å². The van der Waals surface area contributed by atoms with E-state index >= 15 is 0 Å². The second-order valence-corrected chi connectivity index (χ2v) is 5.47. The Hall–Kier alpha value is -1.99. The quantitative estimate of drug-likeness (QED) is 0.868. The lowest BCUT2D eigenvalue weighted by Crippen LogP contribution is -2.18. The van der Waals surface area contributed by atoms with Crippen LogP contribution in [0.1, 0.15) is 10.4 Å². The summed E-state index contributed by atoms with van der Waals surface area (Å²) in [6.07, 6.45) is 1.59. The highest BCUT2D eigenvalue weighted by molar-refractivity contribution is 7.89. The molecule has 2 rings (SSSR count). The second kappa shape index (κ2) is 4.94. The highest BCUT2D eigenvalue weighted by Gasteiger charge is 2.22. The van der Waals surface area contributed by atoms with E-state index in [0.717, 1.165) is 6.07 Å². The average molecular weight is 283 g/mol. The number of benzene rings is 1. The van der Waals surface area contributed by atoms with E-state index in [1.54, 1.807) is 0 Å². The lowest BCUT2D eigenvalue weighted by Gasteiger charge is -2.04. The van der Waals surface area contributed by atoms with Crippen molar-refractivity contribution in [3.8, 4) is 11.1 Å². The molecule has 0 saturated heterocycles. The van der Waals surface area contributed by atoms with Gasteiger partial charge >= 0.3 is 0 Å². The van der Waals surface area contributed by atoms with Crippen LogP contribution in [0, 0.1) is 5.82 Å². The Morgan fingerprint density at radius 1 is 1.32 bits per heavy atom. The van der Waals surface area contributed by atoms with Crippen LogP contribution < -0.4 is 4.72 Å². The first-order chi connectivity index (χ1) is 8.99. The van der Waals surface area contributed by atoms with E-state index in [0.29, 0.717) is 11.8 Å². The zero-order chi connectivity index (χ0) is 14.0. The first-order valence-electron chi connectivity index (χ1n) is 5.25. The summed E-state index contributed by atoms with van der Waals surface area (Å²) in [6, 6.07) is 5.23. The van der Waals surface area contributed by atoms with Crippen molar-refractivity contribution in [2.24, 2.45) is 0 Å². The summed E-state index contributed by atoms with van der Waals surface area (Å²) < 4.78 is 44.0. The zero-order valence-electron chi connectivity index (χ0n) is 9.88. The van der Waals surface area contributed by atoms with Crippen molar-refractivity contribution >= 4 is 16.3 Å². The Morgan fingerprint density at radius 2 is 2.05 bits per heavy atom. The fourth-order valence-electron chi connectivity index (χ4n) is 1.60. The smallest absolute Gasteiger partial charge is 0.274 e. The molecular weight excluding hydrogens is 273 g/mol. The molecule has 0 aliphatic heterocycles. The minimum absolute atomic E-state index is 0.0923. The normalized spacial score (nSPS) is 11.5. The van der Waals surface area contributed by atoms with Crippen LogP contribution in [0.3, 0.4) is 0 Å². The molecular formula is C12H10FNO4S. The maximum atomic E-state index is 13.5. The number of carbonyl (C=O) groups is 1. The van der Waals surface area contributed by atoms with Gasteiger partial charge in [0.25, 0.3) is 10.0 Å². The summed E-state index contributed by atoms with van der Waals surface area (Å²) in [5.74, 6) is -0.721. The minimum atomic E-state index is -3.77. The predicted molar refractivity (Wildman–Crippen MR) is 65.7 cm³/mol. The molecule has 1 aromatic carbocycles. The van der Waals surface area contributed by atoms with Crippen molar-refractivity contribution in [2.75, 3.05) is 7.05 Å². The van der Waals surface area contributed by atoms with Crippen LogP contribution in [0.2, 0.25) is 0 Å². The van der Waals surface area contributed by atoms with Crippen LogP contribution in [-0.2, 0) is 10.0 Å². The summed E-state index contributed by atoms with van der Waals surface area (Å²) in [6.45, 7) is 0. The van der Waals surface area contributed by atoms with Gasteiger partial charge in [-0.15, -0.1) is 0 Å². The monoisotopic (exact) mass is 283 g/mol. The first-order valence-corrected chi connectivity index (χ1v) is 6.74. The maximum Gasteiger partial charge on any atom is 0.274 e. The highest BCUT2D eigenvalue weighted by Crippen LogP contribution is 2.29. The number of rotatable bonds is 4. The molecule has 5 nitrogen and oxygen atoms in total. The van der Waals surface area contributed by atoms with Crippen molar-refractivity contribution < 1.29 is 22.0 Å². The molecule has 0 fully saturated rings. The first kappa shape index (κ1) is 13.4. The third-order valence-electron chi connectivity index (χ3n) is 2.58. The summed E-state index contributed by atoms with van der Waals surface area (Å²) in [5, 5.41) is -0.298. The summed E-state index contributed by atoms with van der Waals surface area (Å²) in [4.78, 5) is 10.5. The van der Waals surface area contributed by atoms with Crippen molar-refractivity contribution in [1.82, 2.24) is 4.72 Å². The number of halogens is 1. The number of nitrogens with one attached hydrogen (secondary N) is 1. The Balaban J connectivity index is 2.58. The van der Waals surface area contributed by atoms with Gasteiger partial charge in [-0.05, 0) is 30.8 Å². The largest absolute Gasteiger partial charge is 0.451 e. The van der Waals surface area contributed by atoms with E-state index in [1.165, 1.54) is 31.5 Å². The lowest BCUT2D eigenvalue weighted by atomic mass is 10.1. The standard InChI is InChI=1S/C12H10FNO4S/c1-14-19(16,17)12-10(4-5-18-12)8-2-3-9(7-15)11(13)6-8/h2-7,14H,1H3. The van der Waals surface area contributed by atoms with Gasteiger partial charge in [-0.3, -0.25) is 4.79 Å². The van der Waals surface area contributed by atoms with Crippen LogP contribution in [-0.4, -0.2) is 21.8 Å². The molecule has 7 heteroatoms. The van der Waals surface area contributed by atoms with Gasteiger partial charge in [0.05, 0.1) is 11.8 Å². The molecule has 100 valence electrons. The predicted octanol–water partition coefficient (Wildman–Crippen LogP) is 1.81. The highest BCUT2D eigenvalue weighted by atomic mass is 32.2. The molecule has 0 radical (unpaired) electrons. The molecule has 0 amide bonds. The fourth-order valence-corrected chi connectivity index (χ4v) is 2.44. The van der Waals surface area contributed by atoms with Crippen LogP contribution in [0.5, 0.6) is 0 Å². The topological polar surface area (TPSA) is 76.4 Å². The van der Waals surface area contributed by atoms with Gasteiger partial charge in [-0.25, -0.2) is 17.5 Å². The Bertz CT molecular complexity index is 721. The molecule has 0 bridgehead atoms. The number of carbonyl (C=O) groups excluding carboxylic acids is 1. The number of sulfonamides is 1. The molecule has 1 heterocycles. The van der Waals surface area contributed by atoms with Crippen molar-refractivity contribution in [3.63, 3.8) is 0 Å². The Labute approximate surface area is 109 Å². The van der Waals surface area contributed by atoms with Gasteiger partial charge in [0.1, 0.15) is 5.82 Å². The van der Waals surface area contributed by atoms with Crippen LogP contribution in [0.15, 0.2) is 40.0 Å². The summed E-state index contributed by atoms with van der Waals surface area (Å²) >= 11 is 0. The summed E-state index contributed by atoms with van der Waals surface area (Å²) in [7, 11) is -2.52. The number of furan rings is 1. The molecule has 1 N–H and O–H groups in total. The third-order valence-corrected chi connectivity index (χ3v) is 3.92. The van der Waals surface area contributed by atoms with Gasteiger partial charge in [0.2, 0.25) is 5.09 Å². The van der Waals surface area contributed by atoms with Gasteiger partial charge in [0.15, 0.2) is 6.29 Å². The van der Waals surface area contributed by atoms with Gasteiger partial charge in [-0.1, -0.05) is 6.07 Å². The molecule has 0 unspecified atom stereocenters. The maximum absolute atomic E-state index is 13.5. The third kappa shape index (κ3) is 2.42. The van der Waals surface area contributed by atoms with Crippen molar-refractivity contribution in [3.05, 3.63) is 41.9 Å². The Morgan fingerprint density at radius 3 is 2.63 bits per heavy atom. The minimum Gasteiger partial charge on any atom is -0.451 e. The molecule has 0 saturated carbocycles. The molecule has 0 spiro atoms. The van der Waals surface area contributed by atoms with Crippen LogP contribution >= 0.6 is 0 Å². The van der Waals surface area contributed by atoms with Crippen molar-refractivity contribution in [1.29, 1.82) is 0 Å². The molecule has 0 atom stereocenters. The van der Waals surface area contributed by atoms with E-state index in [-0.39, 0.29) is 16.2 Å². The van der Waals surface area contributed by atoms with E-state index in [2.05, 4.69) is 4.72 Å². The molecule has 1 aromatic heterocycles. The van der Waals surface area contributed by atoms with Crippen LogP contribution in [0.25, 0.3) is 11.1 Å². The zero-order valence-corrected chi connectivity index (χ0v) is 10.7. The van der Waals surface area contributed by atoms with Gasteiger partial charge in [-0.2, -0.15) is 0 Å². The fraction of sp³-hybridized carbons (Fsp3) is 0.0833. The van der Waals surface area contributed by atoms with Crippen molar-refractivity contribution in [2.45, 2.75) is 5.09 Å². The van der Waals surface area contributed by atoms with Crippen LogP contribution in [0.4, 0.5) is 4.39 Å². The lowest BCUT2D eigenvalue weighted by molar-refractivity contribution is 0.112. The number of aldehydes is 1. The SMILES string of the molecule is CNS(=O)(=O)c1occc1-c1ccc(C=O)c(F)c1. The molecule has 0 aliphatic carbocycles. The van der Waals surface area contributed by atoms with E-state index in [4.69, 9.17) is 4.42 Å². The second-order valence-electron chi connectivity index (χ2n) is 3.68. The summed E-state index contributed by atoms with van der Waals surface area (Å²) in [5.41, 5.74) is 0.446. The molecule has 2 aromatic rings. The Kier molecular flexibility index (Phi) is 3.50. The average Bonchev–Trinajstić information content (AvgIpc) is 2.88.